The lowest BCUT2D eigenvalue weighted by atomic mass is 10.1. The summed E-state index contributed by atoms with van der Waals surface area (Å²) in [5.41, 5.74) is 7.91. The zero-order chi connectivity index (χ0) is 15.1. The summed E-state index contributed by atoms with van der Waals surface area (Å²) in [5, 5.41) is 3.33. The highest BCUT2D eigenvalue weighted by Crippen LogP contribution is 2.19. The Hall–Kier alpha value is -2.14. The molecule has 112 valence electrons. The Kier molecular flexibility index (Phi) is 5.51. The molecular weight excluding hydrogens is 264 g/mol. The summed E-state index contributed by atoms with van der Waals surface area (Å²) in [6, 6.07) is 8.36. The lowest BCUT2D eigenvalue weighted by Gasteiger charge is -2.15. The summed E-state index contributed by atoms with van der Waals surface area (Å²) in [4.78, 5) is 8.54. The molecule has 0 aliphatic heterocycles. The van der Waals surface area contributed by atoms with Crippen LogP contribution in [0, 0.1) is 0 Å². The Morgan fingerprint density at radius 3 is 2.67 bits per heavy atom. The number of nitrogens with zero attached hydrogens (tertiary/aromatic N) is 2. The molecule has 2 aromatic rings. The zero-order valence-electron chi connectivity index (χ0n) is 12.5. The van der Waals surface area contributed by atoms with Gasteiger partial charge in [0, 0.05) is 12.6 Å². The van der Waals surface area contributed by atoms with Crippen molar-refractivity contribution in [1.82, 2.24) is 9.97 Å². The van der Waals surface area contributed by atoms with Crippen LogP contribution >= 0.6 is 0 Å². The molecule has 0 aliphatic carbocycles. The second-order valence-electron chi connectivity index (χ2n) is 4.90. The van der Waals surface area contributed by atoms with E-state index in [0.29, 0.717) is 24.8 Å². The quantitative estimate of drug-likeness (QED) is 0.818. The second-order valence-corrected chi connectivity index (χ2v) is 4.90. The van der Waals surface area contributed by atoms with Crippen molar-refractivity contribution in [3.8, 4) is 5.88 Å². The topological polar surface area (TPSA) is 73.1 Å². The number of hydrogen-bond donors (Lipinski definition) is 2. The number of anilines is 1. The minimum Gasteiger partial charge on any atom is -0.477 e. The summed E-state index contributed by atoms with van der Waals surface area (Å²) in [7, 11) is 0. The molecule has 21 heavy (non-hydrogen) atoms. The molecule has 1 aromatic carbocycles. The van der Waals surface area contributed by atoms with Gasteiger partial charge in [-0.1, -0.05) is 31.2 Å². The molecule has 0 spiro atoms. The van der Waals surface area contributed by atoms with Gasteiger partial charge in [-0.05, 0) is 24.5 Å². The van der Waals surface area contributed by atoms with Gasteiger partial charge in [-0.25, -0.2) is 0 Å². The van der Waals surface area contributed by atoms with Gasteiger partial charge < -0.3 is 15.8 Å². The predicted octanol–water partition coefficient (Wildman–Crippen LogP) is 2.90. The number of benzene rings is 1. The minimum absolute atomic E-state index is 0.132. The van der Waals surface area contributed by atoms with Crippen LogP contribution in [0.15, 0.2) is 36.7 Å². The molecule has 1 heterocycles. The molecule has 0 bridgehead atoms. The SMILES string of the molecule is CCCOc1cncc(NC(C)c2ccc(CN)cc2)n1. The third kappa shape index (κ3) is 4.43. The van der Waals surface area contributed by atoms with Gasteiger partial charge in [0.05, 0.1) is 19.0 Å². The first-order chi connectivity index (χ1) is 10.2. The monoisotopic (exact) mass is 286 g/mol. The number of nitrogens with one attached hydrogen (secondary N) is 1. The molecule has 0 saturated carbocycles. The number of aromatic nitrogens is 2. The standard InChI is InChI=1S/C16H22N4O/c1-3-8-21-16-11-18-10-15(20-16)19-12(2)14-6-4-13(9-17)5-7-14/h4-7,10-12H,3,8-9,17H2,1-2H3,(H,19,20). The fraction of sp³-hybridized carbons (Fsp3) is 0.375. The Labute approximate surface area is 125 Å². The van der Waals surface area contributed by atoms with Gasteiger partial charge in [0.1, 0.15) is 5.82 Å². The average molecular weight is 286 g/mol. The summed E-state index contributed by atoms with van der Waals surface area (Å²) in [6.45, 7) is 5.35. The van der Waals surface area contributed by atoms with Gasteiger partial charge in [-0.2, -0.15) is 4.98 Å². The molecule has 1 aromatic heterocycles. The van der Waals surface area contributed by atoms with E-state index in [1.54, 1.807) is 12.4 Å². The van der Waals surface area contributed by atoms with E-state index in [1.165, 1.54) is 5.56 Å². The van der Waals surface area contributed by atoms with Crippen LogP contribution in [0.2, 0.25) is 0 Å². The third-order valence-corrected chi connectivity index (χ3v) is 3.15. The van der Waals surface area contributed by atoms with Crippen molar-refractivity contribution in [3.05, 3.63) is 47.8 Å². The molecule has 0 aliphatic rings. The molecular formula is C16H22N4O. The smallest absolute Gasteiger partial charge is 0.234 e. The summed E-state index contributed by atoms with van der Waals surface area (Å²) in [5.74, 6) is 1.26. The Balaban J connectivity index is 2.02. The number of rotatable bonds is 7. The molecule has 3 N–H and O–H groups in total. The van der Waals surface area contributed by atoms with E-state index in [2.05, 4.69) is 41.3 Å². The molecule has 1 unspecified atom stereocenters. The molecule has 2 rings (SSSR count). The number of hydrogen-bond acceptors (Lipinski definition) is 5. The highest BCUT2D eigenvalue weighted by Gasteiger charge is 2.07. The van der Waals surface area contributed by atoms with Crippen LogP contribution in [-0.4, -0.2) is 16.6 Å². The minimum atomic E-state index is 0.132. The Bertz CT molecular complexity index is 556. The summed E-state index contributed by atoms with van der Waals surface area (Å²) >= 11 is 0. The summed E-state index contributed by atoms with van der Waals surface area (Å²) in [6.07, 6.45) is 4.27. The highest BCUT2D eigenvalue weighted by molar-refractivity contribution is 5.38. The molecule has 0 fully saturated rings. The van der Waals surface area contributed by atoms with Crippen molar-refractivity contribution >= 4 is 5.82 Å². The maximum atomic E-state index is 5.61. The first-order valence-corrected chi connectivity index (χ1v) is 7.23. The van der Waals surface area contributed by atoms with E-state index < -0.39 is 0 Å². The highest BCUT2D eigenvalue weighted by atomic mass is 16.5. The van der Waals surface area contributed by atoms with Gasteiger partial charge in [0.2, 0.25) is 5.88 Å². The largest absolute Gasteiger partial charge is 0.477 e. The van der Waals surface area contributed by atoms with Crippen LogP contribution in [0.3, 0.4) is 0 Å². The van der Waals surface area contributed by atoms with E-state index >= 15 is 0 Å². The van der Waals surface area contributed by atoms with Gasteiger partial charge in [0.15, 0.2) is 0 Å². The van der Waals surface area contributed by atoms with Crippen molar-refractivity contribution < 1.29 is 4.74 Å². The van der Waals surface area contributed by atoms with Crippen LogP contribution < -0.4 is 15.8 Å². The fourth-order valence-electron chi connectivity index (χ4n) is 1.94. The van der Waals surface area contributed by atoms with Crippen molar-refractivity contribution in [2.24, 2.45) is 5.73 Å². The van der Waals surface area contributed by atoms with E-state index in [-0.39, 0.29) is 6.04 Å². The van der Waals surface area contributed by atoms with Crippen LogP contribution in [0.1, 0.15) is 37.4 Å². The van der Waals surface area contributed by atoms with Crippen molar-refractivity contribution in [3.63, 3.8) is 0 Å². The number of ether oxygens (including phenoxy) is 1. The van der Waals surface area contributed by atoms with E-state index in [0.717, 1.165) is 12.0 Å². The zero-order valence-corrected chi connectivity index (χ0v) is 12.5. The number of nitrogens with two attached hydrogens (primary N) is 1. The van der Waals surface area contributed by atoms with Crippen LogP contribution in [0.5, 0.6) is 5.88 Å². The second kappa shape index (κ2) is 7.59. The Morgan fingerprint density at radius 2 is 2.00 bits per heavy atom. The third-order valence-electron chi connectivity index (χ3n) is 3.15. The maximum absolute atomic E-state index is 5.61. The van der Waals surface area contributed by atoms with Gasteiger partial charge in [-0.15, -0.1) is 0 Å². The summed E-state index contributed by atoms with van der Waals surface area (Å²) < 4.78 is 5.49. The normalized spacial score (nSPS) is 12.0. The molecule has 5 heteroatoms. The first kappa shape index (κ1) is 15.3. The lowest BCUT2D eigenvalue weighted by molar-refractivity contribution is 0.304. The lowest BCUT2D eigenvalue weighted by Crippen LogP contribution is -2.09. The van der Waals surface area contributed by atoms with Crippen LogP contribution in [0.4, 0.5) is 5.82 Å². The predicted molar refractivity (Wildman–Crippen MR) is 84.2 cm³/mol. The molecule has 0 saturated heterocycles. The van der Waals surface area contributed by atoms with Gasteiger partial charge in [-0.3, -0.25) is 4.98 Å². The van der Waals surface area contributed by atoms with Crippen LogP contribution in [0.25, 0.3) is 0 Å². The van der Waals surface area contributed by atoms with Crippen molar-refractivity contribution in [1.29, 1.82) is 0 Å². The van der Waals surface area contributed by atoms with E-state index in [9.17, 15) is 0 Å². The molecule has 0 amide bonds. The maximum Gasteiger partial charge on any atom is 0.234 e. The molecule has 1 atom stereocenters. The molecule has 5 nitrogen and oxygen atoms in total. The van der Waals surface area contributed by atoms with E-state index in [1.807, 2.05) is 12.1 Å². The Morgan fingerprint density at radius 1 is 1.24 bits per heavy atom. The van der Waals surface area contributed by atoms with E-state index in [4.69, 9.17) is 10.5 Å². The van der Waals surface area contributed by atoms with Crippen LogP contribution in [-0.2, 0) is 6.54 Å². The van der Waals surface area contributed by atoms with Gasteiger partial charge in [0.25, 0.3) is 0 Å². The van der Waals surface area contributed by atoms with Gasteiger partial charge >= 0.3 is 0 Å². The van der Waals surface area contributed by atoms with Crippen molar-refractivity contribution in [2.45, 2.75) is 32.9 Å². The average Bonchev–Trinajstić information content (AvgIpc) is 2.53. The van der Waals surface area contributed by atoms with Crippen molar-refractivity contribution in [2.75, 3.05) is 11.9 Å². The molecule has 0 radical (unpaired) electrons. The first-order valence-electron chi connectivity index (χ1n) is 7.23. The fourth-order valence-corrected chi connectivity index (χ4v) is 1.94.